The van der Waals surface area contributed by atoms with E-state index in [0.29, 0.717) is 35.8 Å². The van der Waals surface area contributed by atoms with Crippen molar-refractivity contribution < 1.29 is 9.59 Å². The zero-order valence-corrected chi connectivity index (χ0v) is 19.1. The van der Waals surface area contributed by atoms with Gasteiger partial charge in [0.1, 0.15) is 0 Å². The Morgan fingerprint density at radius 3 is 2.56 bits per heavy atom. The fraction of sp³-hybridized carbons (Fsp3) is 0.385. The summed E-state index contributed by atoms with van der Waals surface area (Å²) in [5, 5.41) is 16.3. The highest BCUT2D eigenvalue weighted by molar-refractivity contribution is 6.00. The molecule has 3 amide bonds. The summed E-state index contributed by atoms with van der Waals surface area (Å²) in [5.41, 5.74) is 3.85. The van der Waals surface area contributed by atoms with Crippen molar-refractivity contribution in [2.45, 2.75) is 38.0 Å². The number of urea groups is 1. The van der Waals surface area contributed by atoms with E-state index in [1.165, 1.54) is 12.0 Å². The topological polar surface area (TPSA) is 93.7 Å². The average molecular weight is 457 g/mol. The number of aromatic nitrogens is 2. The van der Waals surface area contributed by atoms with Crippen LogP contribution < -0.4 is 5.32 Å². The Bertz CT molecular complexity index is 1250. The summed E-state index contributed by atoms with van der Waals surface area (Å²) in [6, 6.07) is 13.0. The zero-order valence-electron chi connectivity index (χ0n) is 19.1. The van der Waals surface area contributed by atoms with Crippen molar-refractivity contribution in [1.82, 2.24) is 19.4 Å². The second kappa shape index (κ2) is 9.56. The van der Waals surface area contributed by atoms with Gasteiger partial charge < -0.3 is 15.1 Å². The lowest BCUT2D eigenvalue weighted by Gasteiger charge is -2.32. The van der Waals surface area contributed by atoms with Crippen molar-refractivity contribution in [2.75, 3.05) is 31.5 Å². The summed E-state index contributed by atoms with van der Waals surface area (Å²) < 4.78 is 1.78. The fourth-order valence-electron chi connectivity index (χ4n) is 4.97. The number of nitrogens with zero attached hydrogens (tertiary/aromatic N) is 5. The van der Waals surface area contributed by atoms with Crippen LogP contribution in [0.5, 0.6) is 0 Å². The van der Waals surface area contributed by atoms with E-state index in [-0.39, 0.29) is 11.9 Å². The molecule has 0 bridgehead atoms. The Balaban J connectivity index is 1.25. The predicted octanol–water partition coefficient (Wildman–Crippen LogP) is 4.24. The third-order valence-corrected chi connectivity index (χ3v) is 6.92. The maximum absolute atomic E-state index is 13.1. The Labute approximate surface area is 198 Å². The van der Waals surface area contributed by atoms with E-state index in [2.05, 4.69) is 28.6 Å². The number of hydrogen-bond donors (Lipinski definition) is 1. The third kappa shape index (κ3) is 4.46. The minimum Gasteiger partial charge on any atom is -0.339 e. The van der Waals surface area contributed by atoms with Gasteiger partial charge in [-0.2, -0.15) is 10.4 Å². The number of hydrogen-bond acceptors (Lipinski definition) is 4. The first-order chi connectivity index (χ1) is 16.6. The lowest BCUT2D eigenvalue weighted by Crippen LogP contribution is -2.40. The number of anilines is 1. The number of rotatable bonds is 3. The normalized spacial score (nSPS) is 16.9. The number of fused-ring (bicyclic) bond motifs is 1. The van der Waals surface area contributed by atoms with Gasteiger partial charge in [0.25, 0.3) is 5.91 Å². The van der Waals surface area contributed by atoms with Crippen LogP contribution in [-0.2, 0) is 0 Å². The van der Waals surface area contributed by atoms with Crippen LogP contribution in [0.4, 0.5) is 10.5 Å². The minimum absolute atomic E-state index is 0.0683. The molecule has 0 unspecified atom stereocenters. The van der Waals surface area contributed by atoms with Gasteiger partial charge in [0.15, 0.2) is 0 Å². The number of likely N-dealkylation sites (tertiary alicyclic amines) is 2. The van der Waals surface area contributed by atoms with E-state index in [0.717, 1.165) is 44.3 Å². The molecule has 2 fully saturated rings. The van der Waals surface area contributed by atoms with Gasteiger partial charge in [-0.3, -0.25) is 4.79 Å². The van der Waals surface area contributed by atoms with Gasteiger partial charge in [-0.25, -0.2) is 9.31 Å². The maximum Gasteiger partial charge on any atom is 0.321 e. The molecular weight excluding hydrogens is 428 g/mol. The van der Waals surface area contributed by atoms with Gasteiger partial charge in [-0.05, 0) is 73.9 Å². The monoisotopic (exact) mass is 456 g/mol. The minimum atomic E-state index is -0.144. The highest BCUT2D eigenvalue weighted by Gasteiger charge is 2.26. The first-order valence-corrected chi connectivity index (χ1v) is 11.9. The molecule has 2 saturated heterocycles. The summed E-state index contributed by atoms with van der Waals surface area (Å²) in [7, 11) is 0. The molecule has 2 aromatic heterocycles. The number of nitrogens with one attached hydrogen (secondary N) is 1. The highest BCUT2D eigenvalue weighted by Crippen LogP contribution is 2.30. The molecule has 8 heteroatoms. The molecule has 2 aliphatic rings. The number of nitriles is 1. The third-order valence-electron chi connectivity index (χ3n) is 6.92. The van der Waals surface area contributed by atoms with Crippen LogP contribution in [-0.4, -0.2) is 57.5 Å². The zero-order chi connectivity index (χ0) is 23.5. The van der Waals surface area contributed by atoms with Crippen LogP contribution in [0.1, 0.15) is 59.5 Å². The van der Waals surface area contributed by atoms with Gasteiger partial charge in [0, 0.05) is 38.1 Å². The van der Waals surface area contributed by atoms with E-state index in [1.807, 2.05) is 16.0 Å². The molecule has 0 radical (unpaired) electrons. The summed E-state index contributed by atoms with van der Waals surface area (Å²) in [6.07, 6.45) is 8.63. The first-order valence-electron chi connectivity index (χ1n) is 11.9. The van der Waals surface area contributed by atoms with Crippen molar-refractivity contribution in [2.24, 2.45) is 0 Å². The molecule has 2 aliphatic heterocycles. The highest BCUT2D eigenvalue weighted by atomic mass is 16.2. The van der Waals surface area contributed by atoms with Gasteiger partial charge in [-0.1, -0.05) is 6.07 Å². The van der Waals surface area contributed by atoms with Crippen LogP contribution in [0.15, 0.2) is 48.8 Å². The number of amides is 3. The van der Waals surface area contributed by atoms with Gasteiger partial charge >= 0.3 is 6.03 Å². The van der Waals surface area contributed by atoms with Crippen molar-refractivity contribution in [3.63, 3.8) is 0 Å². The van der Waals surface area contributed by atoms with E-state index >= 15 is 0 Å². The molecule has 0 spiro atoms. The quantitative estimate of drug-likeness (QED) is 0.638. The van der Waals surface area contributed by atoms with E-state index < -0.39 is 0 Å². The van der Waals surface area contributed by atoms with E-state index in [1.54, 1.807) is 35.0 Å². The second-order valence-electron chi connectivity index (χ2n) is 9.09. The molecule has 174 valence electrons. The Morgan fingerprint density at radius 1 is 1.00 bits per heavy atom. The van der Waals surface area contributed by atoms with Crippen molar-refractivity contribution >= 4 is 23.1 Å². The lowest BCUT2D eigenvalue weighted by atomic mass is 9.89. The molecule has 34 heavy (non-hydrogen) atoms. The SMILES string of the molecule is N#Cc1cccc(NC(=O)N2CCC(c3ccn4ncc(C(=O)N5CCCCC5)c4c3)CC2)c1. The summed E-state index contributed by atoms with van der Waals surface area (Å²) in [5.74, 6) is 0.391. The molecule has 3 aromatic rings. The van der Waals surface area contributed by atoms with Crippen molar-refractivity contribution in [3.8, 4) is 6.07 Å². The molecular formula is C26H28N6O2. The molecule has 1 aromatic carbocycles. The standard InChI is InChI=1S/C26H28N6O2/c27-17-19-5-4-6-22(15-19)29-26(34)31-12-7-20(8-13-31)21-9-14-32-24(16-21)23(18-28-32)25(33)30-10-2-1-3-11-30/h4-6,9,14-16,18,20H,1-3,7-8,10-13H2,(H,29,34). The Kier molecular flexibility index (Phi) is 6.17. The van der Waals surface area contributed by atoms with Gasteiger partial charge in [0.2, 0.25) is 0 Å². The van der Waals surface area contributed by atoms with Crippen LogP contribution >= 0.6 is 0 Å². The largest absolute Gasteiger partial charge is 0.339 e. The smallest absolute Gasteiger partial charge is 0.321 e. The molecule has 8 nitrogen and oxygen atoms in total. The molecule has 4 heterocycles. The van der Waals surface area contributed by atoms with E-state index in [9.17, 15) is 9.59 Å². The number of carbonyl (C=O) groups is 2. The van der Waals surface area contributed by atoms with E-state index in [4.69, 9.17) is 5.26 Å². The predicted molar refractivity (Wildman–Crippen MR) is 129 cm³/mol. The average Bonchev–Trinajstić information content (AvgIpc) is 3.32. The molecule has 1 N–H and O–H groups in total. The van der Waals surface area contributed by atoms with Crippen LogP contribution in [0.2, 0.25) is 0 Å². The number of piperidine rings is 2. The van der Waals surface area contributed by atoms with Crippen LogP contribution in [0.25, 0.3) is 5.52 Å². The Morgan fingerprint density at radius 2 is 1.79 bits per heavy atom. The van der Waals surface area contributed by atoms with Crippen molar-refractivity contribution in [3.05, 3.63) is 65.5 Å². The summed E-state index contributed by atoms with van der Waals surface area (Å²) >= 11 is 0. The van der Waals surface area contributed by atoms with Crippen LogP contribution in [0.3, 0.4) is 0 Å². The molecule has 5 rings (SSSR count). The molecule has 0 saturated carbocycles. The fourth-order valence-corrected chi connectivity index (χ4v) is 4.97. The molecule has 0 aliphatic carbocycles. The van der Waals surface area contributed by atoms with Gasteiger partial charge in [0.05, 0.1) is 28.9 Å². The lowest BCUT2D eigenvalue weighted by molar-refractivity contribution is 0.0726. The number of carbonyl (C=O) groups excluding carboxylic acids is 2. The molecule has 0 atom stereocenters. The maximum atomic E-state index is 13.1. The van der Waals surface area contributed by atoms with Crippen LogP contribution in [0, 0.1) is 11.3 Å². The summed E-state index contributed by atoms with van der Waals surface area (Å²) in [6.45, 7) is 2.94. The number of benzene rings is 1. The first kappa shape index (κ1) is 22.0. The summed E-state index contributed by atoms with van der Waals surface area (Å²) in [4.78, 5) is 29.5. The number of pyridine rings is 1. The second-order valence-corrected chi connectivity index (χ2v) is 9.09. The van der Waals surface area contributed by atoms with Gasteiger partial charge in [-0.15, -0.1) is 0 Å². The van der Waals surface area contributed by atoms with Crippen molar-refractivity contribution in [1.29, 1.82) is 5.26 Å². The Hall–Kier alpha value is -3.86.